The van der Waals surface area contributed by atoms with E-state index in [0.29, 0.717) is 5.41 Å². The van der Waals surface area contributed by atoms with E-state index < -0.39 is 0 Å². The number of nitrogens with two attached hydrogens (primary N) is 1. The van der Waals surface area contributed by atoms with E-state index in [-0.39, 0.29) is 6.04 Å². The first kappa shape index (κ1) is 14.2. The molecular weight excluding hydrogens is 246 g/mol. The Balaban J connectivity index is 1.80. The Morgan fingerprint density at radius 3 is 2.75 bits per heavy atom. The first-order chi connectivity index (χ1) is 9.37. The molecule has 3 rings (SSSR count). The number of nitrogens with zero attached hydrogens (tertiary/aromatic N) is 2. The van der Waals surface area contributed by atoms with Crippen molar-refractivity contribution in [1.82, 2.24) is 9.47 Å². The molecule has 0 bridgehead atoms. The summed E-state index contributed by atoms with van der Waals surface area (Å²) in [5.41, 5.74) is 11.0. The Kier molecular flexibility index (Phi) is 3.46. The number of fused-ring (bicyclic) bond motifs is 1. The molecular formula is C17H29N3. The van der Waals surface area contributed by atoms with Gasteiger partial charge < -0.3 is 15.2 Å². The maximum absolute atomic E-state index is 6.39. The van der Waals surface area contributed by atoms with Gasteiger partial charge >= 0.3 is 0 Å². The minimum atomic E-state index is 0.217. The maximum atomic E-state index is 6.39. The number of aryl methyl sites for hydroxylation is 1. The summed E-state index contributed by atoms with van der Waals surface area (Å²) in [6.45, 7) is 9.19. The first-order valence-electron chi connectivity index (χ1n) is 8.02. The third kappa shape index (κ3) is 2.66. The van der Waals surface area contributed by atoms with Gasteiger partial charge in [0.2, 0.25) is 0 Å². The summed E-state index contributed by atoms with van der Waals surface area (Å²) in [4.78, 5) is 2.51. The van der Waals surface area contributed by atoms with E-state index in [1.807, 2.05) is 0 Å². The zero-order chi connectivity index (χ0) is 14.5. The van der Waals surface area contributed by atoms with Gasteiger partial charge in [-0.15, -0.1) is 0 Å². The molecule has 1 atom stereocenters. The second kappa shape index (κ2) is 4.88. The smallest absolute Gasteiger partial charge is 0.0352 e. The Morgan fingerprint density at radius 1 is 1.40 bits per heavy atom. The van der Waals surface area contributed by atoms with Crippen molar-refractivity contribution in [2.45, 2.75) is 65.1 Å². The van der Waals surface area contributed by atoms with Crippen molar-refractivity contribution < 1.29 is 0 Å². The minimum Gasteiger partial charge on any atom is -0.347 e. The molecule has 112 valence electrons. The van der Waals surface area contributed by atoms with E-state index in [1.54, 1.807) is 0 Å². The molecule has 0 amide bonds. The van der Waals surface area contributed by atoms with Crippen molar-refractivity contribution >= 4 is 0 Å². The predicted molar refractivity (Wildman–Crippen MR) is 83.9 cm³/mol. The number of hydrogen-bond acceptors (Lipinski definition) is 2. The lowest BCUT2D eigenvalue weighted by atomic mass is 9.74. The van der Waals surface area contributed by atoms with Crippen molar-refractivity contribution in [3.63, 3.8) is 0 Å². The Hall–Kier alpha value is -0.800. The summed E-state index contributed by atoms with van der Waals surface area (Å²) in [6.07, 6.45) is 5.04. The lowest BCUT2D eigenvalue weighted by Crippen LogP contribution is -2.32. The Labute approximate surface area is 123 Å². The number of rotatable bonds is 4. The molecule has 1 fully saturated rings. The van der Waals surface area contributed by atoms with Gasteiger partial charge in [-0.05, 0) is 56.7 Å². The molecule has 1 aromatic rings. The van der Waals surface area contributed by atoms with Crippen molar-refractivity contribution in [3.8, 4) is 0 Å². The Bertz CT molecular complexity index is 497. The Morgan fingerprint density at radius 2 is 2.10 bits per heavy atom. The lowest BCUT2D eigenvalue weighted by molar-refractivity contribution is 0.267. The number of likely N-dealkylation sites (N-methyl/N-ethyl adjacent to an activating group) is 1. The van der Waals surface area contributed by atoms with E-state index in [1.165, 1.54) is 29.8 Å². The molecule has 0 aliphatic heterocycles. The van der Waals surface area contributed by atoms with Crippen LogP contribution >= 0.6 is 0 Å². The lowest BCUT2D eigenvalue weighted by Gasteiger charge is -2.34. The largest absolute Gasteiger partial charge is 0.347 e. The molecule has 2 aliphatic rings. The second-order valence-corrected chi connectivity index (χ2v) is 7.70. The van der Waals surface area contributed by atoms with Gasteiger partial charge in [-0.1, -0.05) is 13.8 Å². The maximum Gasteiger partial charge on any atom is 0.0352 e. The van der Waals surface area contributed by atoms with Gasteiger partial charge in [0.25, 0.3) is 0 Å². The highest BCUT2D eigenvalue weighted by Crippen LogP contribution is 2.40. The molecule has 2 N–H and O–H groups in total. The van der Waals surface area contributed by atoms with Crippen LogP contribution in [0.4, 0.5) is 0 Å². The molecule has 0 aromatic carbocycles. The molecule has 20 heavy (non-hydrogen) atoms. The van der Waals surface area contributed by atoms with Crippen LogP contribution in [0.2, 0.25) is 0 Å². The fraction of sp³-hybridized carbons (Fsp3) is 0.765. The van der Waals surface area contributed by atoms with Gasteiger partial charge in [-0.3, -0.25) is 0 Å². The highest BCUT2D eigenvalue weighted by Gasteiger charge is 2.33. The van der Waals surface area contributed by atoms with Crippen LogP contribution in [0.3, 0.4) is 0 Å². The van der Waals surface area contributed by atoms with Gasteiger partial charge in [0, 0.05) is 36.6 Å². The highest BCUT2D eigenvalue weighted by atomic mass is 15.2. The fourth-order valence-electron chi connectivity index (χ4n) is 3.77. The summed E-state index contributed by atoms with van der Waals surface area (Å²) < 4.78 is 2.52. The van der Waals surface area contributed by atoms with Crippen LogP contribution in [-0.4, -0.2) is 29.1 Å². The van der Waals surface area contributed by atoms with Crippen molar-refractivity contribution in [2.75, 3.05) is 13.6 Å². The third-order valence-corrected chi connectivity index (χ3v) is 5.11. The van der Waals surface area contributed by atoms with E-state index >= 15 is 0 Å². The summed E-state index contributed by atoms with van der Waals surface area (Å²) in [5, 5.41) is 0. The topological polar surface area (TPSA) is 34.2 Å². The van der Waals surface area contributed by atoms with Crippen molar-refractivity contribution in [1.29, 1.82) is 0 Å². The van der Waals surface area contributed by atoms with Crippen LogP contribution < -0.4 is 5.73 Å². The zero-order valence-corrected chi connectivity index (χ0v) is 13.4. The quantitative estimate of drug-likeness (QED) is 0.917. The van der Waals surface area contributed by atoms with Gasteiger partial charge in [0.05, 0.1) is 0 Å². The average Bonchev–Trinajstić information content (AvgIpc) is 3.12. The third-order valence-electron chi connectivity index (χ3n) is 5.11. The van der Waals surface area contributed by atoms with Crippen molar-refractivity contribution in [3.05, 3.63) is 23.0 Å². The van der Waals surface area contributed by atoms with Gasteiger partial charge in [0.15, 0.2) is 0 Å². The summed E-state index contributed by atoms with van der Waals surface area (Å²) in [6, 6.07) is 3.39. The molecule has 1 aromatic heterocycles. The molecule has 0 spiro atoms. The van der Waals surface area contributed by atoms with E-state index in [9.17, 15) is 0 Å². The highest BCUT2D eigenvalue weighted by molar-refractivity contribution is 5.34. The van der Waals surface area contributed by atoms with E-state index in [4.69, 9.17) is 5.73 Å². The van der Waals surface area contributed by atoms with Crippen LogP contribution in [0, 0.1) is 12.3 Å². The van der Waals surface area contributed by atoms with Crippen LogP contribution in [0.15, 0.2) is 6.07 Å². The number of hydrogen-bond donors (Lipinski definition) is 1. The van der Waals surface area contributed by atoms with Crippen LogP contribution in [0.25, 0.3) is 0 Å². The molecule has 0 radical (unpaired) electrons. The fourth-order valence-corrected chi connectivity index (χ4v) is 3.77. The van der Waals surface area contributed by atoms with E-state index in [0.717, 1.165) is 32.0 Å². The van der Waals surface area contributed by atoms with Gasteiger partial charge in [-0.2, -0.15) is 0 Å². The molecule has 2 aliphatic carbocycles. The molecule has 1 unspecified atom stereocenters. The first-order valence-corrected chi connectivity index (χ1v) is 8.02. The number of aromatic nitrogens is 1. The summed E-state index contributed by atoms with van der Waals surface area (Å²) >= 11 is 0. The van der Waals surface area contributed by atoms with E-state index in [2.05, 4.69) is 43.4 Å². The SMILES string of the molecule is Cc1cc2c(n1CCN(C)C1CC1)CC(C)(C)CC2N. The zero-order valence-electron chi connectivity index (χ0n) is 13.4. The van der Waals surface area contributed by atoms with Crippen molar-refractivity contribution in [2.24, 2.45) is 11.1 Å². The normalized spacial score (nSPS) is 25.0. The molecule has 1 heterocycles. The molecule has 3 heteroatoms. The molecule has 3 nitrogen and oxygen atoms in total. The minimum absolute atomic E-state index is 0.217. The average molecular weight is 275 g/mol. The molecule has 1 saturated carbocycles. The monoisotopic (exact) mass is 275 g/mol. The standard InChI is InChI=1S/C17H29N3/c1-12-9-14-15(18)10-17(2,3)11-16(14)20(12)8-7-19(4)13-5-6-13/h9,13,15H,5-8,10-11,18H2,1-4H3. The summed E-state index contributed by atoms with van der Waals surface area (Å²) in [5.74, 6) is 0. The van der Waals surface area contributed by atoms with Crippen LogP contribution in [-0.2, 0) is 13.0 Å². The predicted octanol–water partition coefficient (Wildman–Crippen LogP) is 2.86. The van der Waals surface area contributed by atoms with Gasteiger partial charge in [0.1, 0.15) is 0 Å². The van der Waals surface area contributed by atoms with Crippen LogP contribution in [0.5, 0.6) is 0 Å². The second-order valence-electron chi connectivity index (χ2n) is 7.70. The van der Waals surface area contributed by atoms with Gasteiger partial charge in [-0.25, -0.2) is 0 Å². The van der Waals surface area contributed by atoms with Crippen LogP contribution in [0.1, 0.15) is 56.1 Å². The molecule has 0 saturated heterocycles. The summed E-state index contributed by atoms with van der Waals surface area (Å²) in [7, 11) is 2.26.